The first kappa shape index (κ1) is 17.0. The molecule has 2 fully saturated rings. The van der Waals surface area contributed by atoms with E-state index in [1.165, 1.54) is 0 Å². The minimum atomic E-state index is -0.0562. The van der Waals surface area contributed by atoms with Crippen molar-refractivity contribution in [3.05, 3.63) is 41.6 Å². The average molecular weight is 357 g/mol. The number of aryl methyl sites for hydroxylation is 2. The molecule has 3 atom stereocenters. The second-order valence-electron chi connectivity index (χ2n) is 7.03. The summed E-state index contributed by atoms with van der Waals surface area (Å²) in [6.07, 6.45) is 2.67. The summed E-state index contributed by atoms with van der Waals surface area (Å²) in [7, 11) is 0. The lowest BCUT2D eigenvalue weighted by molar-refractivity contribution is 0.0645. The molecule has 0 radical (unpaired) electrons. The molecule has 0 spiro atoms. The molecule has 2 saturated heterocycles. The summed E-state index contributed by atoms with van der Waals surface area (Å²) in [5.41, 5.74) is 0.886. The molecule has 2 aromatic rings. The minimum Gasteiger partial charge on any atom is -0.463 e. The lowest BCUT2D eigenvalue weighted by Crippen LogP contribution is -2.31. The minimum absolute atomic E-state index is 0.0562. The molecule has 0 N–H and O–H groups in total. The van der Waals surface area contributed by atoms with Gasteiger partial charge in [-0.15, -0.1) is 0 Å². The molecule has 2 aliphatic heterocycles. The fourth-order valence-corrected chi connectivity index (χ4v) is 3.76. The third kappa shape index (κ3) is 3.44. The van der Waals surface area contributed by atoms with Crippen LogP contribution in [0, 0.1) is 25.7 Å². The third-order valence-corrected chi connectivity index (χ3v) is 5.17. The van der Waals surface area contributed by atoms with Crippen molar-refractivity contribution in [3.8, 4) is 6.01 Å². The fraction of sp³-hybridized carbons (Fsp3) is 0.526. The Bertz CT molecular complexity index is 791. The number of ether oxygens (including phenoxy) is 2. The lowest BCUT2D eigenvalue weighted by atomic mass is 9.91. The van der Waals surface area contributed by atoms with Crippen LogP contribution in [0.5, 0.6) is 6.01 Å². The van der Waals surface area contributed by atoms with Gasteiger partial charge in [0.1, 0.15) is 5.76 Å². The summed E-state index contributed by atoms with van der Waals surface area (Å²) in [6.45, 7) is 6.35. The average Bonchev–Trinajstić information content (AvgIpc) is 3.31. The fourth-order valence-electron chi connectivity index (χ4n) is 3.76. The quantitative estimate of drug-likeness (QED) is 0.817. The smallest absolute Gasteiger partial charge is 0.316 e. The van der Waals surface area contributed by atoms with Crippen molar-refractivity contribution in [2.75, 3.05) is 26.3 Å². The Labute approximate surface area is 152 Å². The van der Waals surface area contributed by atoms with Crippen LogP contribution < -0.4 is 4.74 Å². The standard InChI is InChI=1S/C19H23N3O4/c1-12-5-7-20-19(21-12)24-8-6-14-11-25-17-10-22(9-15(14)17)18(23)16-4-3-13(2)26-16/h3-5,7,14-15,17H,6,8-11H2,1-2H3/t14-,15-,17-/m0/s1. The first-order valence-electron chi connectivity index (χ1n) is 9.00. The maximum Gasteiger partial charge on any atom is 0.316 e. The molecule has 7 heteroatoms. The largest absolute Gasteiger partial charge is 0.463 e. The van der Waals surface area contributed by atoms with Crippen LogP contribution in [0.3, 0.4) is 0 Å². The molecule has 7 nitrogen and oxygen atoms in total. The number of rotatable bonds is 5. The molecule has 1 amide bonds. The number of hydrogen-bond donors (Lipinski definition) is 0. The van der Waals surface area contributed by atoms with Gasteiger partial charge in [-0.2, -0.15) is 0 Å². The van der Waals surface area contributed by atoms with Crippen molar-refractivity contribution in [2.24, 2.45) is 11.8 Å². The van der Waals surface area contributed by atoms with Gasteiger partial charge in [0.2, 0.25) is 0 Å². The van der Waals surface area contributed by atoms with Crippen LogP contribution in [-0.4, -0.2) is 53.2 Å². The summed E-state index contributed by atoms with van der Waals surface area (Å²) in [4.78, 5) is 22.8. The predicted octanol–water partition coefficient (Wildman–Crippen LogP) is 2.24. The Kier molecular flexibility index (Phi) is 4.63. The number of aromatic nitrogens is 2. The highest BCUT2D eigenvalue weighted by molar-refractivity contribution is 5.91. The molecule has 4 rings (SSSR count). The van der Waals surface area contributed by atoms with Gasteiger partial charge < -0.3 is 18.8 Å². The molecule has 26 heavy (non-hydrogen) atoms. The van der Waals surface area contributed by atoms with Gasteiger partial charge >= 0.3 is 6.01 Å². The van der Waals surface area contributed by atoms with E-state index in [1.54, 1.807) is 12.3 Å². The molecule has 4 heterocycles. The molecular formula is C19H23N3O4. The van der Waals surface area contributed by atoms with Crippen LogP contribution in [0.15, 0.2) is 28.8 Å². The van der Waals surface area contributed by atoms with E-state index in [9.17, 15) is 4.79 Å². The zero-order valence-electron chi connectivity index (χ0n) is 15.1. The van der Waals surface area contributed by atoms with E-state index in [1.807, 2.05) is 30.9 Å². The second-order valence-corrected chi connectivity index (χ2v) is 7.03. The van der Waals surface area contributed by atoms with Crippen molar-refractivity contribution in [3.63, 3.8) is 0 Å². The first-order valence-corrected chi connectivity index (χ1v) is 9.00. The maximum atomic E-state index is 12.6. The van der Waals surface area contributed by atoms with Crippen LogP contribution in [0.4, 0.5) is 0 Å². The highest BCUT2D eigenvalue weighted by Gasteiger charge is 2.45. The van der Waals surface area contributed by atoms with Gasteiger partial charge in [-0.25, -0.2) is 9.97 Å². The van der Waals surface area contributed by atoms with Gasteiger partial charge in [0.05, 0.1) is 19.3 Å². The third-order valence-electron chi connectivity index (χ3n) is 5.17. The Morgan fingerprint density at radius 1 is 1.31 bits per heavy atom. The number of hydrogen-bond acceptors (Lipinski definition) is 6. The van der Waals surface area contributed by atoms with E-state index in [0.29, 0.717) is 43.3 Å². The molecule has 0 bridgehead atoms. The molecule has 2 aliphatic rings. The summed E-state index contributed by atoms with van der Waals surface area (Å²) in [5, 5.41) is 0. The zero-order chi connectivity index (χ0) is 18.1. The van der Waals surface area contributed by atoms with E-state index in [0.717, 1.165) is 24.5 Å². The number of carbonyl (C=O) groups excluding carboxylic acids is 1. The Balaban J connectivity index is 1.31. The van der Waals surface area contributed by atoms with Gasteiger partial charge in [-0.1, -0.05) is 0 Å². The van der Waals surface area contributed by atoms with E-state index < -0.39 is 0 Å². The Morgan fingerprint density at radius 3 is 2.96 bits per heavy atom. The first-order chi connectivity index (χ1) is 12.6. The van der Waals surface area contributed by atoms with Crippen LogP contribution in [0.25, 0.3) is 0 Å². The van der Waals surface area contributed by atoms with E-state index >= 15 is 0 Å². The molecule has 0 unspecified atom stereocenters. The molecule has 0 aliphatic carbocycles. The van der Waals surface area contributed by atoms with Gasteiger partial charge in [0.15, 0.2) is 5.76 Å². The highest BCUT2D eigenvalue weighted by atomic mass is 16.5. The van der Waals surface area contributed by atoms with E-state index in [4.69, 9.17) is 13.9 Å². The van der Waals surface area contributed by atoms with Gasteiger partial charge in [0.25, 0.3) is 5.91 Å². The van der Waals surface area contributed by atoms with Crippen molar-refractivity contribution in [2.45, 2.75) is 26.4 Å². The maximum absolute atomic E-state index is 12.6. The van der Waals surface area contributed by atoms with E-state index in [2.05, 4.69) is 9.97 Å². The Morgan fingerprint density at radius 2 is 2.19 bits per heavy atom. The van der Waals surface area contributed by atoms with Crippen LogP contribution >= 0.6 is 0 Å². The van der Waals surface area contributed by atoms with Crippen LogP contribution in [0.2, 0.25) is 0 Å². The normalized spacial score (nSPS) is 24.7. The summed E-state index contributed by atoms with van der Waals surface area (Å²) >= 11 is 0. The highest BCUT2D eigenvalue weighted by Crippen LogP contribution is 2.36. The van der Waals surface area contributed by atoms with Crippen LogP contribution in [0.1, 0.15) is 28.4 Å². The predicted molar refractivity (Wildman–Crippen MR) is 92.9 cm³/mol. The van der Waals surface area contributed by atoms with Crippen LogP contribution in [-0.2, 0) is 4.74 Å². The van der Waals surface area contributed by atoms with Gasteiger partial charge in [-0.3, -0.25) is 4.79 Å². The number of likely N-dealkylation sites (tertiary alicyclic amines) is 1. The summed E-state index contributed by atoms with van der Waals surface area (Å²) in [6, 6.07) is 5.80. The molecule has 0 aromatic carbocycles. The SMILES string of the molecule is Cc1ccnc(OCC[C@H]2CO[C@H]3CN(C(=O)c4ccc(C)o4)C[C@@H]23)n1. The summed E-state index contributed by atoms with van der Waals surface area (Å²) < 4.78 is 17.1. The zero-order valence-corrected chi connectivity index (χ0v) is 15.1. The number of fused-ring (bicyclic) bond motifs is 1. The van der Waals surface area contributed by atoms with Gasteiger partial charge in [-0.05, 0) is 44.4 Å². The second kappa shape index (κ2) is 7.07. The van der Waals surface area contributed by atoms with Crippen molar-refractivity contribution in [1.29, 1.82) is 0 Å². The van der Waals surface area contributed by atoms with Gasteiger partial charge in [0, 0.05) is 30.9 Å². The topological polar surface area (TPSA) is 77.7 Å². The Hall–Kier alpha value is -2.41. The monoisotopic (exact) mass is 357 g/mol. The number of furan rings is 1. The molecule has 0 saturated carbocycles. The van der Waals surface area contributed by atoms with Crippen molar-refractivity contribution in [1.82, 2.24) is 14.9 Å². The van der Waals surface area contributed by atoms with Crippen molar-refractivity contribution >= 4 is 5.91 Å². The lowest BCUT2D eigenvalue weighted by Gasteiger charge is -2.19. The molecule has 2 aromatic heterocycles. The molecule has 138 valence electrons. The molecular weight excluding hydrogens is 334 g/mol. The number of nitrogens with zero attached hydrogens (tertiary/aromatic N) is 3. The van der Waals surface area contributed by atoms with E-state index in [-0.39, 0.29) is 12.0 Å². The number of amides is 1. The summed E-state index contributed by atoms with van der Waals surface area (Å²) in [5.74, 6) is 1.81. The number of carbonyl (C=O) groups is 1. The van der Waals surface area contributed by atoms with Crippen molar-refractivity contribution < 1.29 is 18.7 Å².